The highest BCUT2D eigenvalue weighted by Gasteiger charge is 2.09. The molecule has 0 saturated heterocycles. The van der Waals surface area contributed by atoms with Gasteiger partial charge >= 0.3 is 0 Å². The van der Waals surface area contributed by atoms with Crippen LogP contribution in [0.3, 0.4) is 0 Å². The van der Waals surface area contributed by atoms with Crippen LogP contribution < -0.4 is 5.56 Å². The first-order valence-corrected chi connectivity index (χ1v) is 7.50. The van der Waals surface area contributed by atoms with Crippen molar-refractivity contribution < 1.29 is 4.79 Å². The molecule has 0 atom stereocenters. The Morgan fingerprint density at radius 1 is 0.826 bits per heavy atom. The largest absolute Gasteiger partial charge is 0.305 e. The predicted molar refractivity (Wildman–Crippen MR) is 91.6 cm³/mol. The molecule has 3 heteroatoms. The monoisotopic (exact) mass is 303 g/mol. The van der Waals surface area contributed by atoms with Gasteiger partial charge in [-0.3, -0.25) is 9.59 Å². The van der Waals surface area contributed by atoms with E-state index in [0.717, 1.165) is 16.8 Å². The molecule has 0 N–H and O–H groups in total. The van der Waals surface area contributed by atoms with Crippen molar-refractivity contribution in [2.75, 3.05) is 0 Å². The molecule has 3 aromatic rings. The van der Waals surface area contributed by atoms with Crippen LogP contribution in [0.5, 0.6) is 0 Å². The van der Waals surface area contributed by atoms with Gasteiger partial charge in [-0.2, -0.15) is 0 Å². The van der Waals surface area contributed by atoms with Gasteiger partial charge in [0, 0.05) is 17.3 Å². The maximum absolute atomic E-state index is 12.4. The summed E-state index contributed by atoms with van der Waals surface area (Å²) < 4.78 is 1.49. The average Bonchev–Trinajstić information content (AvgIpc) is 2.59. The molecule has 1 aromatic heterocycles. The molecule has 2 aromatic carbocycles. The van der Waals surface area contributed by atoms with E-state index in [1.807, 2.05) is 67.6 Å². The van der Waals surface area contributed by atoms with Crippen LogP contribution in [-0.2, 0) is 6.54 Å². The lowest BCUT2D eigenvalue weighted by Gasteiger charge is -2.09. The second-order valence-corrected chi connectivity index (χ2v) is 5.46. The molecule has 0 fully saturated rings. The Balaban J connectivity index is 1.82. The molecule has 23 heavy (non-hydrogen) atoms. The van der Waals surface area contributed by atoms with E-state index >= 15 is 0 Å². The lowest BCUT2D eigenvalue weighted by Crippen LogP contribution is -2.25. The number of hydrogen-bond acceptors (Lipinski definition) is 2. The van der Waals surface area contributed by atoms with Crippen LogP contribution in [0.15, 0.2) is 77.6 Å². The number of benzene rings is 2. The predicted octanol–water partition coefficient (Wildman–Crippen LogP) is 3.71. The number of hydrogen-bond donors (Lipinski definition) is 0. The Labute approximate surface area is 134 Å². The Morgan fingerprint density at radius 2 is 1.48 bits per heavy atom. The normalized spacial score (nSPS) is 10.5. The fourth-order valence-corrected chi connectivity index (χ4v) is 2.54. The van der Waals surface area contributed by atoms with E-state index in [1.165, 1.54) is 10.6 Å². The number of rotatable bonds is 4. The second-order valence-electron chi connectivity index (χ2n) is 5.46. The van der Waals surface area contributed by atoms with Crippen LogP contribution in [0.2, 0.25) is 0 Å². The number of ketones is 1. The summed E-state index contributed by atoms with van der Waals surface area (Å²) in [4.78, 5) is 24.3. The molecule has 1 heterocycles. The Kier molecular flexibility index (Phi) is 4.20. The van der Waals surface area contributed by atoms with Gasteiger partial charge in [0.05, 0.1) is 6.54 Å². The van der Waals surface area contributed by atoms with Crippen molar-refractivity contribution in [1.29, 1.82) is 0 Å². The summed E-state index contributed by atoms with van der Waals surface area (Å²) in [5.74, 6) is -0.0685. The average molecular weight is 303 g/mol. The van der Waals surface area contributed by atoms with Crippen molar-refractivity contribution in [2.45, 2.75) is 13.5 Å². The number of nitrogens with zero attached hydrogens (tertiary/aromatic N) is 1. The highest BCUT2D eigenvalue weighted by Crippen LogP contribution is 2.19. The molecule has 0 aliphatic heterocycles. The molecule has 0 spiro atoms. The minimum atomic E-state index is -0.153. The summed E-state index contributed by atoms with van der Waals surface area (Å²) in [5.41, 5.74) is 3.42. The Morgan fingerprint density at radius 3 is 2.13 bits per heavy atom. The van der Waals surface area contributed by atoms with E-state index in [4.69, 9.17) is 0 Å². The van der Waals surface area contributed by atoms with Gasteiger partial charge in [-0.05, 0) is 24.1 Å². The smallest absolute Gasteiger partial charge is 0.251 e. The lowest BCUT2D eigenvalue weighted by molar-refractivity contribution is 0.0970. The Hall–Kier alpha value is -2.94. The molecule has 0 aliphatic rings. The van der Waals surface area contributed by atoms with Crippen LogP contribution in [0.4, 0.5) is 0 Å². The van der Waals surface area contributed by atoms with E-state index in [9.17, 15) is 9.59 Å². The first kappa shape index (κ1) is 15.0. The van der Waals surface area contributed by atoms with E-state index in [-0.39, 0.29) is 17.9 Å². The topological polar surface area (TPSA) is 39.1 Å². The zero-order valence-corrected chi connectivity index (χ0v) is 12.9. The lowest BCUT2D eigenvalue weighted by atomic mass is 10.0. The van der Waals surface area contributed by atoms with Crippen molar-refractivity contribution >= 4 is 5.78 Å². The molecule has 0 radical (unpaired) electrons. The van der Waals surface area contributed by atoms with Crippen molar-refractivity contribution in [3.63, 3.8) is 0 Å². The van der Waals surface area contributed by atoms with Gasteiger partial charge in [-0.25, -0.2) is 0 Å². The van der Waals surface area contributed by atoms with Crippen molar-refractivity contribution in [3.8, 4) is 11.1 Å². The molecule has 0 saturated carbocycles. The van der Waals surface area contributed by atoms with Gasteiger partial charge in [-0.1, -0.05) is 60.7 Å². The van der Waals surface area contributed by atoms with E-state index < -0.39 is 0 Å². The maximum atomic E-state index is 12.4. The second kappa shape index (κ2) is 6.44. The van der Waals surface area contributed by atoms with Crippen LogP contribution >= 0.6 is 0 Å². The van der Waals surface area contributed by atoms with Crippen LogP contribution in [-0.4, -0.2) is 10.4 Å². The highest BCUT2D eigenvalue weighted by molar-refractivity contribution is 5.96. The van der Waals surface area contributed by atoms with E-state index in [0.29, 0.717) is 5.56 Å². The number of carbonyl (C=O) groups excluding carboxylic acids is 1. The molecule has 0 unspecified atom stereocenters. The zero-order valence-electron chi connectivity index (χ0n) is 12.9. The van der Waals surface area contributed by atoms with Gasteiger partial charge in [0.15, 0.2) is 5.78 Å². The number of carbonyl (C=O) groups is 1. The van der Waals surface area contributed by atoms with Crippen molar-refractivity contribution in [3.05, 3.63) is 94.4 Å². The first-order valence-electron chi connectivity index (χ1n) is 7.50. The first-order chi connectivity index (χ1) is 11.1. The third-order valence-electron chi connectivity index (χ3n) is 3.88. The van der Waals surface area contributed by atoms with Crippen LogP contribution in [0.1, 0.15) is 16.1 Å². The molecule has 3 nitrogen and oxygen atoms in total. The summed E-state index contributed by atoms with van der Waals surface area (Å²) in [5, 5.41) is 0. The summed E-state index contributed by atoms with van der Waals surface area (Å²) in [7, 11) is 0. The van der Waals surface area contributed by atoms with Gasteiger partial charge in [0.1, 0.15) is 0 Å². The fourth-order valence-electron chi connectivity index (χ4n) is 2.54. The minimum Gasteiger partial charge on any atom is -0.305 e. The van der Waals surface area contributed by atoms with Crippen LogP contribution in [0.25, 0.3) is 11.1 Å². The number of Topliss-reactive ketones (excluding diaryl/α,β-unsaturated/α-hetero) is 1. The highest BCUT2D eigenvalue weighted by atomic mass is 16.1. The van der Waals surface area contributed by atoms with Gasteiger partial charge < -0.3 is 4.57 Å². The SMILES string of the molecule is Cc1cccc(=O)n1CC(=O)c1ccc(-c2ccccc2)cc1. The molecule has 0 amide bonds. The van der Waals surface area contributed by atoms with E-state index in [1.54, 1.807) is 6.07 Å². The summed E-state index contributed by atoms with van der Waals surface area (Å²) in [6, 6.07) is 22.5. The van der Waals surface area contributed by atoms with Gasteiger partial charge in [0.2, 0.25) is 0 Å². The quantitative estimate of drug-likeness (QED) is 0.689. The molecule has 114 valence electrons. The number of pyridine rings is 1. The third-order valence-corrected chi connectivity index (χ3v) is 3.88. The molecular weight excluding hydrogens is 286 g/mol. The fraction of sp³-hybridized carbons (Fsp3) is 0.100. The number of aromatic nitrogens is 1. The summed E-state index contributed by atoms with van der Waals surface area (Å²) >= 11 is 0. The standard InChI is InChI=1S/C20H17NO2/c1-15-6-5-9-20(23)21(15)14-19(22)18-12-10-17(11-13-18)16-7-3-2-4-8-16/h2-13H,14H2,1H3. The summed E-state index contributed by atoms with van der Waals surface area (Å²) in [6.07, 6.45) is 0. The zero-order chi connectivity index (χ0) is 16.2. The minimum absolute atomic E-state index is 0.0657. The van der Waals surface area contributed by atoms with Gasteiger partial charge in [-0.15, -0.1) is 0 Å². The maximum Gasteiger partial charge on any atom is 0.251 e. The summed E-state index contributed by atoms with van der Waals surface area (Å²) in [6.45, 7) is 1.89. The van der Waals surface area contributed by atoms with Crippen molar-refractivity contribution in [1.82, 2.24) is 4.57 Å². The van der Waals surface area contributed by atoms with Gasteiger partial charge in [0.25, 0.3) is 5.56 Å². The van der Waals surface area contributed by atoms with Crippen LogP contribution in [0, 0.1) is 6.92 Å². The van der Waals surface area contributed by atoms with E-state index in [2.05, 4.69) is 0 Å². The molecule has 3 rings (SSSR count). The molecule has 0 bridgehead atoms. The Bertz CT molecular complexity index is 878. The molecule has 0 aliphatic carbocycles. The number of aryl methyl sites for hydroxylation is 1. The van der Waals surface area contributed by atoms with Crippen molar-refractivity contribution in [2.24, 2.45) is 0 Å². The third kappa shape index (κ3) is 3.29. The molecular formula is C20H17NO2.